The lowest BCUT2D eigenvalue weighted by molar-refractivity contribution is 0.0867. The van der Waals surface area contributed by atoms with Crippen LogP contribution in [-0.4, -0.2) is 35.2 Å². The molecule has 1 aromatic rings. The molecule has 98 valence electrons. The van der Waals surface area contributed by atoms with Crippen molar-refractivity contribution >= 4 is 11.7 Å². The Morgan fingerprint density at radius 1 is 1.39 bits per heavy atom. The number of nitrogens with one attached hydrogen (secondary N) is 2. The summed E-state index contributed by atoms with van der Waals surface area (Å²) < 4.78 is 0. The first-order valence-electron chi connectivity index (χ1n) is 6.32. The number of rotatable bonds is 3. The highest BCUT2D eigenvalue weighted by Gasteiger charge is 2.21. The van der Waals surface area contributed by atoms with Crippen LogP contribution >= 0.6 is 0 Å². The molecule has 1 aliphatic rings. The molecule has 0 atom stereocenters. The zero-order valence-corrected chi connectivity index (χ0v) is 10.5. The van der Waals surface area contributed by atoms with E-state index in [4.69, 9.17) is 0 Å². The predicted octanol–water partition coefficient (Wildman–Crippen LogP) is 1.16. The Bertz CT molecular complexity index is 414. The number of aliphatic hydroxyl groups is 1. The van der Waals surface area contributed by atoms with Gasteiger partial charge in [-0.25, -0.2) is 4.98 Å². The van der Waals surface area contributed by atoms with Gasteiger partial charge < -0.3 is 15.7 Å². The van der Waals surface area contributed by atoms with Crippen molar-refractivity contribution in [1.82, 2.24) is 10.3 Å². The Morgan fingerprint density at radius 2 is 2.11 bits per heavy atom. The van der Waals surface area contributed by atoms with E-state index in [0.717, 1.165) is 25.7 Å². The minimum atomic E-state index is -0.199. The fourth-order valence-corrected chi connectivity index (χ4v) is 2.20. The highest BCUT2D eigenvalue weighted by atomic mass is 16.3. The number of hydrogen-bond donors (Lipinski definition) is 3. The average molecular weight is 249 g/mol. The molecular formula is C13H19N3O2. The smallest absolute Gasteiger partial charge is 0.251 e. The van der Waals surface area contributed by atoms with Crippen LogP contribution in [0.5, 0.6) is 0 Å². The van der Waals surface area contributed by atoms with Crippen molar-refractivity contribution in [1.29, 1.82) is 0 Å². The van der Waals surface area contributed by atoms with E-state index in [0.29, 0.717) is 11.4 Å². The van der Waals surface area contributed by atoms with Gasteiger partial charge in [0, 0.05) is 24.8 Å². The van der Waals surface area contributed by atoms with Gasteiger partial charge in [0.1, 0.15) is 5.82 Å². The third-order valence-corrected chi connectivity index (χ3v) is 3.31. The summed E-state index contributed by atoms with van der Waals surface area (Å²) in [4.78, 5) is 16.1. The fourth-order valence-electron chi connectivity index (χ4n) is 2.20. The normalized spacial score (nSPS) is 23.4. The van der Waals surface area contributed by atoms with E-state index in [9.17, 15) is 9.90 Å². The number of aliphatic hydroxyl groups excluding tert-OH is 1. The second-order valence-electron chi connectivity index (χ2n) is 4.66. The van der Waals surface area contributed by atoms with Gasteiger partial charge in [0.2, 0.25) is 0 Å². The van der Waals surface area contributed by atoms with Crippen molar-refractivity contribution in [2.24, 2.45) is 0 Å². The third-order valence-electron chi connectivity index (χ3n) is 3.31. The molecule has 18 heavy (non-hydrogen) atoms. The summed E-state index contributed by atoms with van der Waals surface area (Å²) in [6.07, 6.45) is 4.64. The molecule has 1 heterocycles. The van der Waals surface area contributed by atoms with Crippen molar-refractivity contribution in [2.45, 2.75) is 37.8 Å². The van der Waals surface area contributed by atoms with Crippen molar-refractivity contribution in [3.05, 3.63) is 23.9 Å². The number of pyridine rings is 1. The van der Waals surface area contributed by atoms with Gasteiger partial charge in [0.15, 0.2) is 0 Å². The monoisotopic (exact) mass is 249 g/mol. The molecule has 1 aliphatic carbocycles. The lowest BCUT2D eigenvalue weighted by Gasteiger charge is -2.26. The number of anilines is 1. The Balaban J connectivity index is 1.94. The van der Waals surface area contributed by atoms with Gasteiger partial charge in [-0.3, -0.25) is 4.79 Å². The predicted molar refractivity (Wildman–Crippen MR) is 69.5 cm³/mol. The number of nitrogens with zero attached hydrogens (tertiary/aromatic N) is 1. The molecule has 0 aliphatic heterocycles. The highest BCUT2D eigenvalue weighted by molar-refractivity contribution is 5.94. The quantitative estimate of drug-likeness (QED) is 0.751. The van der Waals surface area contributed by atoms with E-state index in [1.54, 1.807) is 25.4 Å². The van der Waals surface area contributed by atoms with Crippen LogP contribution in [-0.2, 0) is 0 Å². The number of aromatic nitrogens is 1. The van der Waals surface area contributed by atoms with E-state index < -0.39 is 0 Å². The Labute approximate surface area is 107 Å². The summed E-state index contributed by atoms with van der Waals surface area (Å²) in [7, 11) is 1.77. The molecule has 2 rings (SSSR count). The van der Waals surface area contributed by atoms with Crippen molar-refractivity contribution in [3.63, 3.8) is 0 Å². The molecule has 0 radical (unpaired) electrons. The summed E-state index contributed by atoms with van der Waals surface area (Å²) in [5.41, 5.74) is 0.612. The van der Waals surface area contributed by atoms with Crippen LogP contribution in [0.2, 0.25) is 0 Å². The standard InChI is InChI=1S/C13H19N3O2/c1-14-12-8-9(6-7-15-12)13(18)16-10-2-4-11(17)5-3-10/h6-8,10-11,17H,2-5H2,1H3,(H,14,15)(H,16,18). The van der Waals surface area contributed by atoms with Gasteiger partial charge in [-0.05, 0) is 37.8 Å². The minimum absolute atomic E-state index is 0.0738. The molecule has 5 heteroatoms. The number of hydrogen-bond acceptors (Lipinski definition) is 4. The maximum absolute atomic E-state index is 12.0. The fraction of sp³-hybridized carbons (Fsp3) is 0.538. The molecule has 1 aromatic heterocycles. The van der Waals surface area contributed by atoms with Crippen LogP contribution in [0.1, 0.15) is 36.0 Å². The second kappa shape index (κ2) is 5.82. The number of carbonyl (C=O) groups excluding carboxylic acids is 1. The topological polar surface area (TPSA) is 74.2 Å². The van der Waals surface area contributed by atoms with Crippen LogP contribution < -0.4 is 10.6 Å². The maximum atomic E-state index is 12.0. The molecule has 1 saturated carbocycles. The van der Waals surface area contributed by atoms with Gasteiger partial charge in [-0.2, -0.15) is 0 Å². The van der Waals surface area contributed by atoms with Crippen molar-refractivity contribution < 1.29 is 9.90 Å². The van der Waals surface area contributed by atoms with Gasteiger partial charge in [-0.15, -0.1) is 0 Å². The molecule has 5 nitrogen and oxygen atoms in total. The van der Waals surface area contributed by atoms with Gasteiger partial charge >= 0.3 is 0 Å². The van der Waals surface area contributed by atoms with Crippen LogP contribution in [0.4, 0.5) is 5.82 Å². The molecule has 3 N–H and O–H groups in total. The number of carbonyl (C=O) groups is 1. The highest BCUT2D eigenvalue weighted by Crippen LogP contribution is 2.18. The van der Waals surface area contributed by atoms with E-state index in [1.807, 2.05) is 0 Å². The molecule has 1 fully saturated rings. The van der Waals surface area contributed by atoms with Crippen LogP contribution in [0.25, 0.3) is 0 Å². The first kappa shape index (κ1) is 12.8. The molecule has 0 aromatic carbocycles. The lowest BCUT2D eigenvalue weighted by atomic mass is 9.93. The first-order valence-corrected chi connectivity index (χ1v) is 6.32. The summed E-state index contributed by atoms with van der Waals surface area (Å²) in [5, 5.41) is 15.3. The van der Waals surface area contributed by atoms with E-state index in [1.165, 1.54) is 0 Å². The molecule has 0 bridgehead atoms. The minimum Gasteiger partial charge on any atom is -0.393 e. The van der Waals surface area contributed by atoms with E-state index in [-0.39, 0.29) is 18.1 Å². The molecule has 1 amide bonds. The molecular weight excluding hydrogens is 230 g/mol. The molecule has 0 spiro atoms. The maximum Gasteiger partial charge on any atom is 0.251 e. The summed E-state index contributed by atoms with van der Waals surface area (Å²) >= 11 is 0. The number of amides is 1. The summed E-state index contributed by atoms with van der Waals surface area (Å²) in [6, 6.07) is 3.60. The van der Waals surface area contributed by atoms with Crippen LogP contribution in [0, 0.1) is 0 Å². The van der Waals surface area contributed by atoms with E-state index >= 15 is 0 Å². The lowest BCUT2D eigenvalue weighted by Crippen LogP contribution is -2.38. The van der Waals surface area contributed by atoms with Gasteiger partial charge in [-0.1, -0.05) is 0 Å². The second-order valence-corrected chi connectivity index (χ2v) is 4.66. The van der Waals surface area contributed by atoms with Crippen molar-refractivity contribution in [3.8, 4) is 0 Å². The zero-order chi connectivity index (χ0) is 13.0. The van der Waals surface area contributed by atoms with Crippen LogP contribution in [0.3, 0.4) is 0 Å². The van der Waals surface area contributed by atoms with Crippen molar-refractivity contribution in [2.75, 3.05) is 12.4 Å². The summed E-state index contributed by atoms with van der Waals surface area (Å²) in [5.74, 6) is 0.608. The van der Waals surface area contributed by atoms with Gasteiger partial charge in [0.25, 0.3) is 5.91 Å². The summed E-state index contributed by atoms with van der Waals surface area (Å²) in [6.45, 7) is 0. The zero-order valence-electron chi connectivity index (χ0n) is 10.5. The SMILES string of the molecule is CNc1cc(C(=O)NC2CCC(O)CC2)ccn1. The van der Waals surface area contributed by atoms with Gasteiger partial charge in [0.05, 0.1) is 6.10 Å². The third kappa shape index (κ3) is 3.20. The average Bonchev–Trinajstić information content (AvgIpc) is 2.41. The molecule has 0 saturated heterocycles. The Morgan fingerprint density at radius 3 is 2.78 bits per heavy atom. The first-order chi connectivity index (χ1) is 8.69. The Kier molecular flexibility index (Phi) is 4.15. The Hall–Kier alpha value is -1.62. The van der Waals surface area contributed by atoms with E-state index in [2.05, 4.69) is 15.6 Å². The van der Waals surface area contributed by atoms with Crippen LogP contribution in [0.15, 0.2) is 18.3 Å². The molecule has 0 unspecified atom stereocenters. The largest absolute Gasteiger partial charge is 0.393 e.